The van der Waals surface area contributed by atoms with Gasteiger partial charge < -0.3 is 16.0 Å². The summed E-state index contributed by atoms with van der Waals surface area (Å²) in [6, 6.07) is 8.41. The Morgan fingerprint density at radius 1 is 1.23 bits per heavy atom. The number of amides is 1. The minimum atomic E-state index is -0.493. The SMILES string of the molecule is CCNC(=O)C(C)(C)CNC(=NC)NCC1(c2ccccc2Br)CC1.I. The number of benzene rings is 1. The summed E-state index contributed by atoms with van der Waals surface area (Å²) in [6.07, 6.45) is 2.34. The molecule has 146 valence electrons. The topological polar surface area (TPSA) is 65.5 Å². The molecule has 3 N–H and O–H groups in total. The molecule has 2 rings (SSSR count). The van der Waals surface area contributed by atoms with Crippen molar-refractivity contribution in [3.8, 4) is 0 Å². The maximum atomic E-state index is 12.1. The number of aliphatic imine (C=N–C) groups is 1. The zero-order chi connectivity index (χ0) is 18.5. The number of halogens is 2. The van der Waals surface area contributed by atoms with Crippen LogP contribution in [0.25, 0.3) is 0 Å². The van der Waals surface area contributed by atoms with Crippen LogP contribution in [0.3, 0.4) is 0 Å². The lowest BCUT2D eigenvalue weighted by Crippen LogP contribution is -2.48. The Balaban J connectivity index is 0.00000338. The van der Waals surface area contributed by atoms with Crippen LogP contribution in [0.2, 0.25) is 0 Å². The number of nitrogens with zero attached hydrogens (tertiary/aromatic N) is 1. The summed E-state index contributed by atoms with van der Waals surface area (Å²) in [7, 11) is 1.76. The van der Waals surface area contributed by atoms with Crippen LogP contribution in [0, 0.1) is 5.41 Å². The standard InChI is InChI=1S/C19H29BrN4O.HI/c1-5-22-16(25)18(2,3)12-23-17(21-4)24-13-19(10-11-19)14-8-6-7-9-15(14)20;/h6-9H,5,10-13H2,1-4H3,(H,22,25)(H2,21,23,24);1H. The summed E-state index contributed by atoms with van der Waals surface area (Å²) < 4.78 is 1.16. The highest BCUT2D eigenvalue weighted by Crippen LogP contribution is 2.49. The van der Waals surface area contributed by atoms with E-state index in [4.69, 9.17) is 0 Å². The molecule has 0 aliphatic heterocycles. The van der Waals surface area contributed by atoms with E-state index < -0.39 is 5.41 Å². The van der Waals surface area contributed by atoms with Gasteiger partial charge in [0.1, 0.15) is 0 Å². The Morgan fingerprint density at radius 3 is 2.42 bits per heavy atom. The third-order valence-electron chi connectivity index (χ3n) is 4.77. The normalized spacial score (nSPS) is 15.7. The van der Waals surface area contributed by atoms with Gasteiger partial charge in [0.15, 0.2) is 5.96 Å². The van der Waals surface area contributed by atoms with Crippen LogP contribution >= 0.6 is 39.9 Å². The third kappa shape index (κ3) is 5.84. The first kappa shape index (κ1) is 23.2. The molecule has 7 heteroatoms. The first-order valence-electron chi connectivity index (χ1n) is 8.82. The van der Waals surface area contributed by atoms with Crippen LogP contribution < -0.4 is 16.0 Å². The average molecular weight is 537 g/mol. The fourth-order valence-corrected chi connectivity index (χ4v) is 3.55. The molecule has 0 atom stereocenters. The maximum Gasteiger partial charge on any atom is 0.227 e. The van der Waals surface area contributed by atoms with Crippen molar-refractivity contribution in [3.63, 3.8) is 0 Å². The first-order valence-corrected chi connectivity index (χ1v) is 9.62. The number of nitrogens with one attached hydrogen (secondary N) is 3. The second-order valence-electron chi connectivity index (χ2n) is 7.28. The van der Waals surface area contributed by atoms with Crippen molar-refractivity contribution in [1.82, 2.24) is 16.0 Å². The molecule has 1 aromatic carbocycles. The molecule has 0 spiro atoms. The fraction of sp³-hybridized carbons (Fsp3) is 0.579. The molecule has 1 saturated carbocycles. The minimum absolute atomic E-state index is 0. The van der Waals surface area contributed by atoms with Crippen LogP contribution in [0.5, 0.6) is 0 Å². The van der Waals surface area contributed by atoms with Crippen molar-refractivity contribution in [1.29, 1.82) is 0 Å². The van der Waals surface area contributed by atoms with E-state index in [1.807, 2.05) is 26.8 Å². The molecule has 1 aliphatic rings. The van der Waals surface area contributed by atoms with Gasteiger partial charge in [0.2, 0.25) is 5.91 Å². The molecule has 0 radical (unpaired) electrons. The molecular formula is C19H30BrIN4O. The van der Waals surface area contributed by atoms with Crippen molar-refractivity contribution in [2.24, 2.45) is 10.4 Å². The molecule has 0 saturated heterocycles. The second-order valence-corrected chi connectivity index (χ2v) is 8.14. The van der Waals surface area contributed by atoms with E-state index in [-0.39, 0.29) is 35.3 Å². The summed E-state index contributed by atoms with van der Waals surface area (Å²) >= 11 is 3.67. The molecule has 1 aromatic rings. The van der Waals surface area contributed by atoms with Crippen LogP contribution in [-0.2, 0) is 10.2 Å². The molecule has 1 aliphatic carbocycles. The van der Waals surface area contributed by atoms with Crippen molar-refractivity contribution in [3.05, 3.63) is 34.3 Å². The number of hydrogen-bond donors (Lipinski definition) is 3. The summed E-state index contributed by atoms with van der Waals surface area (Å²) in [5.74, 6) is 0.778. The zero-order valence-corrected chi connectivity index (χ0v) is 19.9. The highest BCUT2D eigenvalue weighted by Gasteiger charge is 2.45. The highest BCUT2D eigenvalue weighted by atomic mass is 127. The molecule has 1 fully saturated rings. The fourth-order valence-electron chi connectivity index (χ4n) is 2.84. The number of guanidine groups is 1. The minimum Gasteiger partial charge on any atom is -0.356 e. The molecule has 26 heavy (non-hydrogen) atoms. The van der Waals surface area contributed by atoms with E-state index >= 15 is 0 Å². The monoisotopic (exact) mass is 536 g/mol. The van der Waals surface area contributed by atoms with Crippen molar-refractivity contribution >= 4 is 51.8 Å². The van der Waals surface area contributed by atoms with Gasteiger partial charge in [-0.3, -0.25) is 9.79 Å². The first-order chi connectivity index (χ1) is 11.8. The summed E-state index contributed by atoms with van der Waals surface area (Å²) in [5.41, 5.74) is 1.03. The summed E-state index contributed by atoms with van der Waals surface area (Å²) in [5, 5.41) is 9.59. The largest absolute Gasteiger partial charge is 0.356 e. The molecular weight excluding hydrogens is 507 g/mol. The predicted octanol–water partition coefficient (Wildman–Crippen LogP) is 3.43. The number of rotatable bonds is 7. The lowest BCUT2D eigenvalue weighted by Gasteiger charge is -2.26. The van der Waals surface area contributed by atoms with Gasteiger partial charge in [-0.05, 0) is 45.2 Å². The maximum absolute atomic E-state index is 12.1. The van der Waals surface area contributed by atoms with Crippen molar-refractivity contribution < 1.29 is 4.79 Å². The van der Waals surface area contributed by atoms with Crippen LogP contribution in [0.4, 0.5) is 0 Å². The van der Waals surface area contributed by atoms with Gasteiger partial charge in [0.25, 0.3) is 0 Å². The molecule has 1 amide bonds. The molecule has 0 aromatic heterocycles. The molecule has 0 unspecified atom stereocenters. The summed E-state index contributed by atoms with van der Waals surface area (Å²) in [6.45, 7) is 7.79. The van der Waals surface area contributed by atoms with E-state index in [1.54, 1.807) is 7.05 Å². The molecule has 0 heterocycles. The number of carbonyl (C=O) groups excluding carboxylic acids is 1. The van der Waals surface area contributed by atoms with Gasteiger partial charge in [0, 0.05) is 36.6 Å². The lowest BCUT2D eigenvalue weighted by atomic mass is 9.92. The Morgan fingerprint density at radius 2 is 1.88 bits per heavy atom. The second kappa shape index (κ2) is 9.92. The van der Waals surface area contributed by atoms with Crippen LogP contribution in [-0.4, -0.2) is 38.5 Å². The quantitative estimate of drug-likeness (QED) is 0.284. The molecule has 0 bridgehead atoms. The predicted molar refractivity (Wildman–Crippen MR) is 122 cm³/mol. The number of hydrogen-bond acceptors (Lipinski definition) is 2. The van der Waals surface area contributed by atoms with Gasteiger partial charge >= 0.3 is 0 Å². The van der Waals surface area contributed by atoms with E-state index in [2.05, 4.69) is 55.1 Å². The van der Waals surface area contributed by atoms with E-state index in [0.717, 1.165) is 17.0 Å². The van der Waals surface area contributed by atoms with E-state index in [0.29, 0.717) is 13.1 Å². The van der Waals surface area contributed by atoms with Gasteiger partial charge in [0.05, 0.1) is 5.41 Å². The van der Waals surface area contributed by atoms with Crippen LogP contribution in [0.15, 0.2) is 33.7 Å². The zero-order valence-electron chi connectivity index (χ0n) is 16.0. The smallest absolute Gasteiger partial charge is 0.227 e. The molecule has 5 nitrogen and oxygen atoms in total. The van der Waals surface area contributed by atoms with Crippen molar-refractivity contribution in [2.45, 2.75) is 39.0 Å². The van der Waals surface area contributed by atoms with E-state index in [1.165, 1.54) is 18.4 Å². The Bertz CT molecular complexity index is 644. The Kier molecular flexibility index (Phi) is 8.85. The highest BCUT2D eigenvalue weighted by molar-refractivity contribution is 14.0. The number of carbonyl (C=O) groups is 1. The Labute approximate surface area is 182 Å². The Hall–Kier alpha value is -0.830. The van der Waals surface area contributed by atoms with Gasteiger partial charge in [-0.2, -0.15) is 0 Å². The van der Waals surface area contributed by atoms with Gasteiger partial charge in [-0.15, -0.1) is 24.0 Å². The average Bonchev–Trinajstić information content (AvgIpc) is 3.36. The van der Waals surface area contributed by atoms with E-state index in [9.17, 15) is 4.79 Å². The van der Waals surface area contributed by atoms with Crippen LogP contribution in [0.1, 0.15) is 39.2 Å². The van der Waals surface area contributed by atoms with Crippen molar-refractivity contribution in [2.75, 3.05) is 26.7 Å². The van der Waals surface area contributed by atoms with Gasteiger partial charge in [-0.1, -0.05) is 34.1 Å². The van der Waals surface area contributed by atoms with Gasteiger partial charge in [-0.25, -0.2) is 0 Å². The lowest BCUT2D eigenvalue weighted by molar-refractivity contribution is -0.128. The summed E-state index contributed by atoms with van der Waals surface area (Å²) in [4.78, 5) is 16.4. The third-order valence-corrected chi connectivity index (χ3v) is 5.46.